The molecule has 1 atom stereocenters. The van der Waals surface area contributed by atoms with Crippen LogP contribution in [0.25, 0.3) is 11.1 Å². The lowest BCUT2D eigenvalue weighted by atomic mass is 9.98. The summed E-state index contributed by atoms with van der Waals surface area (Å²) in [6, 6.07) is 30.0. The number of aliphatic carboxylic acids is 1. The number of carboxylic acids is 1. The number of para-hydroxylation sites is 2. The van der Waals surface area contributed by atoms with E-state index in [4.69, 9.17) is 4.74 Å². The van der Waals surface area contributed by atoms with Gasteiger partial charge >= 0.3 is 5.97 Å². The summed E-state index contributed by atoms with van der Waals surface area (Å²) in [7, 11) is 0. The number of rotatable bonds is 15. The summed E-state index contributed by atoms with van der Waals surface area (Å²) in [6.45, 7) is 6.02. The molecule has 43 heavy (non-hydrogen) atoms. The van der Waals surface area contributed by atoms with Crippen LogP contribution in [0.5, 0.6) is 11.5 Å². The number of hydrogen-bond acceptors (Lipinski definition) is 4. The molecule has 1 amide bonds. The summed E-state index contributed by atoms with van der Waals surface area (Å²) in [6.07, 6.45) is 3.92. The van der Waals surface area contributed by atoms with E-state index >= 15 is 0 Å². The molecule has 4 rings (SSSR count). The predicted octanol–water partition coefficient (Wildman–Crippen LogP) is 9.26. The van der Waals surface area contributed by atoms with Gasteiger partial charge in [0.15, 0.2) is 0 Å². The van der Waals surface area contributed by atoms with Crippen molar-refractivity contribution in [2.75, 3.05) is 18.0 Å². The lowest BCUT2D eigenvalue weighted by Crippen LogP contribution is -2.33. The van der Waals surface area contributed by atoms with Gasteiger partial charge in [-0.15, -0.1) is 0 Å². The summed E-state index contributed by atoms with van der Waals surface area (Å²) in [5, 5.41) is 12.8. The molecular weight excluding hydrogens is 604 g/mol. The molecule has 2 N–H and O–H groups in total. The number of unbranched alkanes of at least 4 members (excludes halogenated alkanes) is 2. The van der Waals surface area contributed by atoms with E-state index in [-0.39, 0.29) is 12.3 Å². The van der Waals surface area contributed by atoms with Gasteiger partial charge in [-0.05, 0) is 60.4 Å². The molecule has 7 heteroatoms. The van der Waals surface area contributed by atoms with Gasteiger partial charge in [0.25, 0.3) is 5.91 Å². The molecule has 0 aliphatic carbocycles. The second-order valence-corrected chi connectivity index (χ2v) is 11.4. The highest BCUT2D eigenvalue weighted by atomic mass is 79.9. The molecule has 4 aromatic carbocycles. The number of anilines is 1. The fraction of sp³-hybridized carbons (Fsp3) is 0.278. The molecule has 0 fully saturated rings. The fourth-order valence-electron chi connectivity index (χ4n) is 4.98. The molecule has 6 nitrogen and oxygen atoms in total. The molecule has 0 saturated heterocycles. The number of nitrogens with zero attached hydrogens (tertiary/aromatic N) is 1. The first-order chi connectivity index (χ1) is 20.9. The van der Waals surface area contributed by atoms with Crippen molar-refractivity contribution in [2.45, 2.75) is 52.0 Å². The molecule has 4 aromatic rings. The Labute approximate surface area is 262 Å². The van der Waals surface area contributed by atoms with Crippen molar-refractivity contribution < 1.29 is 19.4 Å². The van der Waals surface area contributed by atoms with Gasteiger partial charge < -0.3 is 20.1 Å². The topological polar surface area (TPSA) is 78.9 Å². The number of carbonyl (C=O) groups is 2. The van der Waals surface area contributed by atoms with Gasteiger partial charge in [-0.3, -0.25) is 9.59 Å². The maximum atomic E-state index is 13.8. The SMILES string of the molecule is CCCCN(CCCC)c1ccc(Br)cc1C(=O)NC(CC(=O)O)c1ccc(-c2ccccc2Oc2ccccc2)cc1. The molecule has 0 spiro atoms. The molecule has 0 aliphatic rings. The summed E-state index contributed by atoms with van der Waals surface area (Å²) in [4.78, 5) is 27.9. The Morgan fingerprint density at radius 1 is 0.860 bits per heavy atom. The van der Waals surface area contributed by atoms with E-state index in [1.54, 1.807) is 0 Å². The highest BCUT2D eigenvalue weighted by molar-refractivity contribution is 9.10. The van der Waals surface area contributed by atoms with Crippen LogP contribution in [0.2, 0.25) is 0 Å². The Kier molecular flexibility index (Phi) is 11.8. The second kappa shape index (κ2) is 15.9. The van der Waals surface area contributed by atoms with E-state index in [0.717, 1.165) is 71.6 Å². The van der Waals surface area contributed by atoms with Gasteiger partial charge in [0.05, 0.1) is 18.0 Å². The highest BCUT2D eigenvalue weighted by Crippen LogP contribution is 2.34. The Hall–Kier alpha value is -4.10. The summed E-state index contributed by atoms with van der Waals surface area (Å²) < 4.78 is 6.94. The van der Waals surface area contributed by atoms with Gasteiger partial charge in [-0.25, -0.2) is 0 Å². The van der Waals surface area contributed by atoms with Crippen LogP contribution in [0.3, 0.4) is 0 Å². The van der Waals surface area contributed by atoms with Crippen LogP contribution in [0.15, 0.2) is 102 Å². The van der Waals surface area contributed by atoms with E-state index < -0.39 is 12.0 Å². The number of amides is 1. The zero-order valence-corrected chi connectivity index (χ0v) is 26.3. The number of nitrogens with one attached hydrogen (secondary N) is 1. The molecule has 1 unspecified atom stereocenters. The fourth-order valence-corrected chi connectivity index (χ4v) is 5.35. The van der Waals surface area contributed by atoms with Crippen LogP contribution < -0.4 is 15.0 Å². The van der Waals surface area contributed by atoms with Crippen LogP contribution in [-0.2, 0) is 4.79 Å². The van der Waals surface area contributed by atoms with Gasteiger partial charge in [-0.1, -0.05) is 103 Å². The van der Waals surface area contributed by atoms with Crippen molar-refractivity contribution in [3.05, 3.63) is 113 Å². The molecule has 0 radical (unpaired) electrons. The van der Waals surface area contributed by atoms with Crippen molar-refractivity contribution in [3.63, 3.8) is 0 Å². The van der Waals surface area contributed by atoms with Crippen LogP contribution in [0, 0.1) is 0 Å². The molecule has 0 aliphatic heterocycles. The van der Waals surface area contributed by atoms with E-state index in [0.29, 0.717) is 11.1 Å². The molecule has 0 saturated carbocycles. The standard InChI is InChI=1S/C36H39BrN2O4/c1-3-5-22-39(23-6-4-2)33-21-20-28(37)24-31(33)36(42)38-32(25-35(40)41)27-18-16-26(17-19-27)30-14-10-11-15-34(30)43-29-12-8-7-9-13-29/h7-21,24,32H,3-6,22-23,25H2,1-2H3,(H,38,42)(H,40,41). The first kappa shape index (κ1) is 31.8. The van der Waals surface area contributed by atoms with Gasteiger partial charge in [0, 0.05) is 28.8 Å². The van der Waals surface area contributed by atoms with Crippen molar-refractivity contribution >= 4 is 33.5 Å². The van der Waals surface area contributed by atoms with Crippen LogP contribution in [0.4, 0.5) is 5.69 Å². The number of carbonyl (C=O) groups excluding carboxylic acids is 1. The Morgan fingerprint density at radius 3 is 2.16 bits per heavy atom. The molecule has 0 heterocycles. The number of ether oxygens (including phenoxy) is 1. The van der Waals surface area contributed by atoms with E-state index in [2.05, 4.69) is 40.0 Å². The zero-order chi connectivity index (χ0) is 30.6. The van der Waals surface area contributed by atoms with Gasteiger partial charge in [-0.2, -0.15) is 0 Å². The predicted molar refractivity (Wildman–Crippen MR) is 177 cm³/mol. The van der Waals surface area contributed by atoms with Gasteiger partial charge in [0.1, 0.15) is 11.5 Å². The third-order valence-electron chi connectivity index (χ3n) is 7.27. The first-order valence-electron chi connectivity index (χ1n) is 14.9. The van der Waals surface area contributed by atoms with E-state index in [1.165, 1.54) is 0 Å². The largest absolute Gasteiger partial charge is 0.481 e. The Balaban J connectivity index is 1.60. The number of hydrogen-bond donors (Lipinski definition) is 2. The Morgan fingerprint density at radius 2 is 1.51 bits per heavy atom. The minimum atomic E-state index is -0.988. The lowest BCUT2D eigenvalue weighted by Gasteiger charge is -2.28. The van der Waals surface area contributed by atoms with Crippen molar-refractivity contribution in [3.8, 4) is 22.6 Å². The quantitative estimate of drug-likeness (QED) is 0.135. The van der Waals surface area contributed by atoms with Crippen molar-refractivity contribution in [1.29, 1.82) is 0 Å². The average Bonchev–Trinajstić information content (AvgIpc) is 3.02. The average molecular weight is 644 g/mol. The van der Waals surface area contributed by atoms with E-state index in [1.807, 2.05) is 97.1 Å². The number of carboxylic acid groups (broad SMARTS) is 1. The Bertz CT molecular complexity index is 1480. The van der Waals surface area contributed by atoms with Crippen LogP contribution in [0.1, 0.15) is 67.9 Å². The zero-order valence-electron chi connectivity index (χ0n) is 24.8. The lowest BCUT2D eigenvalue weighted by molar-refractivity contribution is -0.137. The minimum absolute atomic E-state index is 0.239. The summed E-state index contributed by atoms with van der Waals surface area (Å²) in [5.41, 5.74) is 3.94. The monoisotopic (exact) mass is 642 g/mol. The second-order valence-electron chi connectivity index (χ2n) is 10.5. The maximum absolute atomic E-state index is 13.8. The first-order valence-corrected chi connectivity index (χ1v) is 15.7. The molecule has 0 aromatic heterocycles. The van der Waals surface area contributed by atoms with Crippen molar-refractivity contribution in [1.82, 2.24) is 5.32 Å². The molecular formula is C36H39BrN2O4. The van der Waals surface area contributed by atoms with Gasteiger partial charge in [0.2, 0.25) is 0 Å². The van der Waals surface area contributed by atoms with E-state index in [9.17, 15) is 14.7 Å². The third kappa shape index (κ3) is 8.94. The summed E-state index contributed by atoms with van der Waals surface area (Å²) >= 11 is 3.52. The van der Waals surface area contributed by atoms with Crippen LogP contribution >= 0.6 is 15.9 Å². The third-order valence-corrected chi connectivity index (χ3v) is 7.77. The maximum Gasteiger partial charge on any atom is 0.305 e. The normalized spacial score (nSPS) is 11.5. The minimum Gasteiger partial charge on any atom is -0.481 e. The molecule has 224 valence electrons. The highest BCUT2D eigenvalue weighted by Gasteiger charge is 2.23. The summed E-state index contributed by atoms with van der Waals surface area (Å²) in [5.74, 6) is 0.171. The van der Waals surface area contributed by atoms with Crippen LogP contribution in [-0.4, -0.2) is 30.1 Å². The molecule has 0 bridgehead atoms. The van der Waals surface area contributed by atoms with Crippen molar-refractivity contribution in [2.24, 2.45) is 0 Å². The number of halogens is 1. The number of benzene rings is 4. The smallest absolute Gasteiger partial charge is 0.305 e.